The van der Waals surface area contributed by atoms with Crippen LogP contribution in [0.25, 0.3) is 0 Å². The van der Waals surface area contributed by atoms with Crippen LogP contribution in [0, 0.1) is 0 Å². The van der Waals surface area contributed by atoms with Gasteiger partial charge in [-0.1, -0.05) is 60.7 Å². The number of likely N-dealkylation sites (tertiary alicyclic amines) is 1. The van der Waals surface area contributed by atoms with E-state index >= 15 is 0 Å². The van der Waals surface area contributed by atoms with Crippen molar-refractivity contribution < 1.29 is 14.7 Å². The van der Waals surface area contributed by atoms with E-state index in [0.717, 1.165) is 63.1 Å². The molecule has 2 N–H and O–H groups in total. The van der Waals surface area contributed by atoms with Crippen molar-refractivity contribution in [2.24, 2.45) is 0 Å². The highest BCUT2D eigenvalue weighted by Gasteiger charge is 2.25. The van der Waals surface area contributed by atoms with Gasteiger partial charge in [-0.15, -0.1) is 0 Å². The molecule has 7 heteroatoms. The van der Waals surface area contributed by atoms with Crippen LogP contribution in [0.4, 0.5) is 0 Å². The Morgan fingerprint density at radius 3 is 2.37 bits per heavy atom. The maximum Gasteiger partial charge on any atom is 0.303 e. The number of carbonyl (C=O) groups excluding carboxylic acids is 1. The van der Waals surface area contributed by atoms with Crippen molar-refractivity contribution in [1.29, 1.82) is 0 Å². The Morgan fingerprint density at radius 2 is 1.71 bits per heavy atom. The van der Waals surface area contributed by atoms with Crippen molar-refractivity contribution in [2.75, 3.05) is 19.6 Å². The lowest BCUT2D eigenvalue weighted by atomic mass is 9.92. The Labute approximate surface area is 225 Å². The van der Waals surface area contributed by atoms with Crippen molar-refractivity contribution in [3.8, 4) is 0 Å². The van der Waals surface area contributed by atoms with E-state index < -0.39 is 5.97 Å². The first-order valence-corrected chi connectivity index (χ1v) is 13.9. The van der Waals surface area contributed by atoms with Crippen LogP contribution in [0.2, 0.25) is 0 Å². The number of hydrogen-bond acceptors (Lipinski definition) is 4. The Kier molecular flexibility index (Phi) is 10.1. The molecule has 0 aliphatic carbocycles. The molecular formula is C31H40N4O3. The molecule has 1 aromatic heterocycles. The number of aromatic nitrogens is 2. The fourth-order valence-corrected chi connectivity index (χ4v) is 5.40. The summed E-state index contributed by atoms with van der Waals surface area (Å²) in [7, 11) is 0. The topological polar surface area (TPSA) is 87.5 Å². The highest BCUT2D eigenvalue weighted by atomic mass is 16.4. The predicted octanol–water partition coefficient (Wildman–Crippen LogP) is 5.18. The average Bonchev–Trinajstić information content (AvgIpc) is 3.35. The second-order valence-electron chi connectivity index (χ2n) is 10.2. The molecule has 38 heavy (non-hydrogen) atoms. The zero-order valence-corrected chi connectivity index (χ0v) is 22.4. The molecule has 202 valence electrons. The molecule has 3 aromatic rings. The number of carboxylic acids is 1. The number of carbonyl (C=O) groups is 2. The summed E-state index contributed by atoms with van der Waals surface area (Å²) in [5.41, 5.74) is 4.87. The van der Waals surface area contributed by atoms with Gasteiger partial charge in [0.1, 0.15) is 0 Å². The normalized spacial score (nSPS) is 15.3. The van der Waals surface area contributed by atoms with E-state index in [1.54, 1.807) is 0 Å². The number of amides is 1. The minimum atomic E-state index is -0.866. The molecular weight excluding hydrogens is 476 g/mol. The van der Waals surface area contributed by atoms with E-state index in [4.69, 9.17) is 10.2 Å². The minimum absolute atomic E-state index is 0.0169. The van der Waals surface area contributed by atoms with Gasteiger partial charge in [0.2, 0.25) is 5.91 Å². The van der Waals surface area contributed by atoms with E-state index in [1.165, 1.54) is 11.3 Å². The molecule has 0 bridgehead atoms. The molecule has 7 nitrogen and oxygen atoms in total. The Morgan fingerprint density at radius 1 is 1.03 bits per heavy atom. The molecule has 2 aromatic carbocycles. The molecule has 4 rings (SSSR count). The Balaban J connectivity index is 1.30. The second kappa shape index (κ2) is 13.9. The Hall–Kier alpha value is -3.45. The van der Waals surface area contributed by atoms with Gasteiger partial charge in [-0.3, -0.25) is 14.3 Å². The van der Waals surface area contributed by atoms with Gasteiger partial charge in [0.15, 0.2) is 0 Å². The molecule has 1 aliphatic heterocycles. The second-order valence-corrected chi connectivity index (χ2v) is 10.2. The van der Waals surface area contributed by atoms with Crippen LogP contribution in [0.3, 0.4) is 0 Å². The summed E-state index contributed by atoms with van der Waals surface area (Å²) in [6.07, 6.45) is 4.51. The highest BCUT2D eigenvalue weighted by Crippen LogP contribution is 2.30. The lowest BCUT2D eigenvalue weighted by Crippen LogP contribution is -2.37. The molecule has 1 amide bonds. The fraction of sp³-hybridized carbons (Fsp3) is 0.452. The SMILES string of the molecule is CCn1nc(Cc2ccccc2)cc1C1CCN(CC[C@H](NC(=O)CCCC(=O)O)c2ccccc2)CC1. The van der Waals surface area contributed by atoms with E-state index in [0.29, 0.717) is 12.3 Å². The number of hydrogen-bond donors (Lipinski definition) is 2. The van der Waals surface area contributed by atoms with E-state index in [-0.39, 0.29) is 24.8 Å². The third-order valence-electron chi connectivity index (χ3n) is 7.46. The number of rotatable bonds is 13. The van der Waals surface area contributed by atoms with E-state index in [1.807, 2.05) is 36.4 Å². The first kappa shape index (κ1) is 27.6. The van der Waals surface area contributed by atoms with Gasteiger partial charge in [0.05, 0.1) is 11.7 Å². The van der Waals surface area contributed by atoms with Crippen molar-refractivity contribution in [2.45, 2.75) is 70.4 Å². The van der Waals surface area contributed by atoms with Crippen molar-refractivity contribution >= 4 is 11.9 Å². The number of nitrogens with zero attached hydrogens (tertiary/aromatic N) is 3. The van der Waals surface area contributed by atoms with Gasteiger partial charge < -0.3 is 15.3 Å². The monoisotopic (exact) mass is 516 g/mol. The summed E-state index contributed by atoms with van der Waals surface area (Å²) in [5, 5.41) is 16.9. The van der Waals surface area contributed by atoms with Crippen LogP contribution in [0.5, 0.6) is 0 Å². The number of nitrogens with one attached hydrogen (secondary N) is 1. The van der Waals surface area contributed by atoms with Gasteiger partial charge in [0, 0.05) is 44.0 Å². The van der Waals surface area contributed by atoms with Crippen LogP contribution in [0.1, 0.15) is 79.9 Å². The van der Waals surface area contributed by atoms with Crippen LogP contribution in [-0.2, 0) is 22.6 Å². The molecule has 0 radical (unpaired) electrons. The number of carboxylic acid groups (broad SMARTS) is 1. The number of aliphatic carboxylic acids is 1. The lowest BCUT2D eigenvalue weighted by Gasteiger charge is -2.33. The van der Waals surface area contributed by atoms with Gasteiger partial charge in [-0.25, -0.2) is 0 Å². The number of aryl methyl sites for hydroxylation is 1. The predicted molar refractivity (Wildman–Crippen MR) is 149 cm³/mol. The fourth-order valence-electron chi connectivity index (χ4n) is 5.40. The van der Waals surface area contributed by atoms with Gasteiger partial charge in [-0.2, -0.15) is 5.10 Å². The zero-order valence-electron chi connectivity index (χ0n) is 22.4. The third-order valence-corrected chi connectivity index (χ3v) is 7.46. The lowest BCUT2D eigenvalue weighted by molar-refractivity contribution is -0.137. The van der Waals surface area contributed by atoms with Crippen molar-refractivity contribution in [1.82, 2.24) is 20.0 Å². The summed E-state index contributed by atoms with van der Waals surface area (Å²) in [4.78, 5) is 25.8. The molecule has 1 saturated heterocycles. The molecule has 0 saturated carbocycles. The summed E-state index contributed by atoms with van der Waals surface area (Å²) >= 11 is 0. The van der Waals surface area contributed by atoms with E-state index in [9.17, 15) is 9.59 Å². The maximum absolute atomic E-state index is 12.5. The summed E-state index contributed by atoms with van der Waals surface area (Å²) < 4.78 is 2.18. The summed E-state index contributed by atoms with van der Waals surface area (Å²) in [5.74, 6) is -0.435. The van der Waals surface area contributed by atoms with Crippen LogP contribution in [0.15, 0.2) is 66.7 Å². The number of piperidine rings is 1. The Bertz CT molecular complexity index is 1150. The third kappa shape index (κ3) is 8.02. The van der Waals surface area contributed by atoms with Crippen LogP contribution < -0.4 is 5.32 Å². The zero-order chi connectivity index (χ0) is 26.7. The minimum Gasteiger partial charge on any atom is -0.481 e. The number of benzene rings is 2. The van der Waals surface area contributed by atoms with Gasteiger partial charge in [0.25, 0.3) is 0 Å². The molecule has 1 aliphatic rings. The molecule has 1 fully saturated rings. The standard InChI is InChI=1S/C31H40N4O3/c1-2-35-29(23-27(33-35)22-24-10-5-3-6-11-24)26-16-19-34(20-17-26)21-18-28(25-12-7-4-8-13-25)32-30(36)14-9-15-31(37)38/h3-8,10-13,23,26,28H,2,9,14-22H2,1H3,(H,32,36)(H,37,38)/t28-/m0/s1. The van der Waals surface area contributed by atoms with E-state index in [2.05, 4.69) is 52.2 Å². The molecule has 1 atom stereocenters. The summed E-state index contributed by atoms with van der Waals surface area (Å²) in [6, 6.07) is 22.8. The van der Waals surface area contributed by atoms with Crippen molar-refractivity contribution in [3.05, 3.63) is 89.2 Å². The van der Waals surface area contributed by atoms with Gasteiger partial charge >= 0.3 is 5.97 Å². The largest absolute Gasteiger partial charge is 0.481 e. The maximum atomic E-state index is 12.5. The molecule has 0 unspecified atom stereocenters. The first-order valence-electron chi connectivity index (χ1n) is 13.9. The quantitative estimate of drug-likeness (QED) is 0.327. The van der Waals surface area contributed by atoms with Crippen LogP contribution in [-0.4, -0.2) is 51.3 Å². The highest BCUT2D eigenvalue weighted by molar-refractivity contribution is 5.77. The molecule has 0 spiro atoms. The van der Waals surface area contributed by atoms with Crippen molar-refractivity contribution in [3.63, 3.8) is 0 Å². The average molecular weight is 517 g/mol. The first-order chi connectivity index (χ1) is 18.5. The smallest absolute Gasteiger partial charge is 0.303 e. The molecule has 2 heterocycles. The van der Waals surface area contributed by atoms with Gasteiger partial charge in [-0.05, 0) is 62.9 Å². The van der Waals surface area contributed by atoms with Crippen LogP contribution >= 0.6 is 0 Å². The summed E-state index contributed by atoms with van der Waals surface area (Å²) in [6.45, 7) is 6.02.